The third-order valence-electron chi connectivity index (χ3n) is 6.24. The number of piperidine rings is 1. The number of methoxy groups -OCH3 is 1. The number of amides is 1. The van der Waals surface area contributed by atoms with E-state index < -0.39 is 0 Å². The Hall–Kier alpha value is -3.84. The Labute approximate surface area is 199 Å². The normalized spacial score (nSPS) is 14.5. The molecule has 0 radical (unpaired) electrons. The quantitative estimate of drug-likeness (QED) is 0.363. The van der Waals surface area contributed by atoms with Gasteiger partial charge in [0, 0.05) is 23.6 Å². The summed E-state index contributed by atoms with van der Waals surface area (Å²) in [6, 6.07) is 19.1. The van der Waals surface area contributed by atoms with Crippen molar-refractivity contribution in [3.63, 3.8) is 0 Å². The van der Waals surface area contributed by atoms with E-state index in [4.69, 9.17) is 10.5 Å². The maximum Gasteiger partial charge on any atom is 0.227 e. The molecule has 1 saturated heterocycles. The van der Waals surface area contributed by atoms with Gasteiger partial charge >= 0.3 is 0 Å². The van der Waals surface area contributed by atoms with Crippen LogP contribution in [0.1, 0.15) is 34.3 Å². The maximum absolute atomic E-state index is 13.1. The molecule has 1 amide bonds. The fourth-order valence-corrected chi connectivity index (χ4v) is 4.23. The number of carbonyl (C=O) groups is 2. The van der Waals surface area contributed by atoms with Crippen molar-refractivity contribution in [1.29, 1.82) is 0 Å². The van der Waals surface area contributed by atoms with Crippen LogP contribution in [0.3, 0.4) is 0 Å². The molecular weight excluding hydrogens is 430 g/mol. The smallest absolute Gasteiger partial charge is 0.227 e. The minimum absolute atomic E-state index is 0.119. The number of nitrogen functional groups attached to an aromatic ring is 1. The van der Waals surface area contributed by atoms with Crippen LogP contribution in [-0.4, -0.2) is 41.9 Å². The average Bonchev–Trinajstić information content (AvgIpc) is 2.86. The number of nitrogens with zero attached hydrogens (tertiary/aromatic N) is 1. The van der Waals surface area contributed by atoms with Crippen molar-refractivity contribution in [2.24, 2.45) is 5.92 Å². The Morgan fingerprint density at radius 3 is 2.35 bits per heavy atom. The van der Waals surface area contributed by atoms with Crippen molar-refractivity contribution in [3.8, 4) is 11.5 Å². The molecule has 0 unspecified atom stereocenters. The van der Waals surface area contributed by atoms with Crippen molar-refractivity contribution >= 4 is 23.1 Å². The zero-order valence-electron chi connectivity index (χ0n) is 19.2. The molecule has 176 valence electrons. The first-order valence-electron chi connectivity index (χ1n) is 11.3. The summed E-state index contributed by atoms with van der Waals surface area (Å²) in [7, 11) is 1.57. The Morgan fingerprint density at radius 2 is 1.71 bits per heavy atom. The number of benzene rings is 3. The lowest BCUT2D eigenvalue weighted by Gasteiger charge is -2.31. The van der Waals surface area contributed by atoms with E-state index >= 15 is 0 Å². The monoisotopic (exact) mass is 459 g/mol. The van der Waals surface area contributed by atoms with Crippen LogP contribution < -0.4 is 15.8 Å². The van der Waals surface area contributed by atoms with Gasteiger partial charge in [0.15, 0.2) is 5.78 Å². The number of ketones is 1. The van der Waals surface area contributed by atoms with Gasteiger partial charge in [-0.15, -0.1) is 0 Å². The molecule has 3 aromatic rings. The number of nitrogens with two attached hydrogens (primary N) is 1. The number of hydrogen-bond acceptors (Lipinski definition) is 6. The number of nitrogens with one attached hydrogen (secondary N) is 1. The van der Waals surface area contributed by atoms with Crippen LogP contribution in [0.25, 0.3) is 0 Å². The van der Waals surface area contributed by atoms with Gasteiger partial charge in [0.05, 0.1) is 18.5 Å². The van der Waals surface area contributed by atoms with Gasteiger partial charge < -0.3 is 20.9 Å². The summed E-state index contributed by atoms with van der Waals surface area (Å²) in [6.45, 7) is 2.36. The first kappa shape index (κ1) is 23.3. The Balaban J connectivity index is 1.41. The second kappa shape index (κ2) is 10.4. The van der Waals surface area contributed by atoms with Crippen molar-refractivity contribution in [3.05, 3.63) is 83.4 Å². The zero-order valence-corrected chi connectivity index (χ0v) is 19.2. The molecule has 3 aromatic carbocycles. The van der Waals surface area contributed by atoms with Gasteiger partial charge in [-0.05, 0) is 80.0 Å². The predicted octanol–water partition coefficient (Wildman–Crippen LogP) is 4.06. The number of rotatable bonds is 7. The van der Waals surface area contributed by atoms with Crippen LogP contribution in [0.5, 0.6) is 11.5 Å². The van der Waals surface area contributed by atoms with Crippen LogP contribution in [-0.2, 0) is 11.3 Å². The van der Waals surface area contributed by atoms with E-state index in [0.717, 1.165) is 38.0 Å². The molecule has 0 aromatic heterocycles. The number of anilines is 2. The highest BCUT2D eigenvalue weighted by Crippen LogP contribution is 2.29. The lowest BCUT2D eigenvalue weighted by molar-refractivity contribution is -0.121. The van der Waals surface area contributed by atoms with Crippen LogP contribution in [0, 0.1) is 5.92 Å². The van der Waals surface area contributed by atoms with Crippen molar-refractivity contribution in [1.82, 2.24) is 4.90 Å². The molecule has 34 heavy (non-hydrogen) atoms. The summed E-state index contributed by atoms with van der Waals surface area (Å²) < 4.78 is 5.16. The third kappa shape index (κ3) is 5.38. The standard InChI is InChI=1S/C27H29N3O4/c1-34-22-11-7-19(8-12-22)26(32)23-3-2-4-24(28)25(23)29-27(33)20-13-15-30(16-14-20)17-18-5-9-21(31)10-6-18/h2-12,20,31H,13-17,28H2,1H3,(H,29,33). The summed E-state index contributed by atoms with van der Waals surface area (Å²) >= 11 is 0. The first-order valence-corrected chi connectivity index (χ1v) is 11.3. The van der Waals surface area contributed by atoms with Gasteiger partial charge in [-0.3, -0.25) is 14.5 Å². The Morgan fingerprint density at radius 1 is 1.03 bits per heavy atom. The second-order valence-corrected chi connectivity index (χ2v) is 8.53. The molecule has 1 aliphatic rings. The fraction of sp³-hybridized carbons (Fsp3) is 0.259. The molecule has 1 fully saturated rings. The van der Waals surface area contributed by atoms with Gasteiger partial charge in [0.25, 0.3) is 0 Å². The number of aromatic hydroxyl groups is 1. The van der Waals surface area contributed by atoms with E-state index in [2.05, 4.69) is 10.2 Å². The molecule has 1 heterocycles. The molecule has 0 aliphatic carbocycles. The van der Waals surface area contributed by atoms with Gasteiger partial charge in [-0.2, -0.15) is 0 Å². The Bertz CT molecular complexity index is 1150. The number of ether oxygens (including phenoxy) is 1. The van der Waals surface area contributed by atoms with E-state index in [0.29, 0.717) is 28.3 Å². The van der Waals surface area contributed by atoms with Crippen LogP contribution in [0.2, 0.25) is 0 Å². The number of para-hydroxylation sites is 1. The highest BCUT2D eigenvalue weighted by Gasteiger charge is 2.27. The maximum atomic E-state index is 13.1. The summed E-state index contributed by atoms with van der Waals surface area (Å²) in [5.41, 5.74) is 8.86. The summed E-state index contributed by atoms with van der Waals surface area (Å²) in [5.74, 6) is 0.429. The van der Waals surface area contributed by atoms with Crippen molar-refractivity contribution in [2.45, 2.75) is 19.4 Å². The van der Waals surface area contributed by atoms with Gasteiger partial charge in [0.2, 0.25) is 5.91 Å². The molecule has 4 rings (SSSR count). The number of likely N-dealkylation sites (tertiary alicyclic amines) is 1. The zero-order chi connectivity index (χ0) is 24.1. The fourth-order valence-electron chi connectivity index (χ4n) is 4.23. The van der Waals surface area contributed by atoms with Gasteiger partial charge in [0.1, 0.15) is 11.5 Å². The minimum atomic E-state index is -0.214. The molecule has 1 aliphatic heterocycles. The van der Waals surface area contributed by atoms with E-state index in [1.54, 1.807) is 61.7 Å². The highest BCUT2D eigenvalue weighted by molar-refractivity contribution is 6.15. The number of carbonyl (C=O) groups excluding carboxylic acids is 2. The summed E-state index contributed by atoms with van der Waals surface area (Å²) in [4.78, 5) is 28.5. The van der Waals surface area contributed by atoms with Gasteiger partial charge in [-0.25, -0.2) is 0 Å². The summed E-state index contributed by atoms with van der Waals surface area (Å²) in [5, 5.41) is 12.4. The lowest BCUT2D eigenvalue weighted by atomic mass is 9.94. The third-order valence-corrected chi connectivity index (χ3v) is 6.24. The predicted molar refractivity (Wildman–Crippen MR) is 132 cm³/mol. The molecule has 0 saturated carbocycles. The van der Waals surface area contributed by atoms with Crippen molar-refractivity contribution < 1.29 is 19.4 Å². The SMILES string of the molecule is COc1ccc(C(=O)c2cccc(N)c2NC(=O)C2CCN(Cc3ccc(O)cc3)CC2)cc1. The van der Waals surface area contributed by atoms with Crippen LogP contribution in [0.15, 0.2) is 66.7 Å². The minimum Gasteiger partial charge on any atom is -0.508 e. The second-order valence-electron chi connectivity index (χ2n) is 8.53. The largest absolute Gasteiger partial charge is 0.508 e. The average molecular weight is 460 g/mol. The number of hydrogen-bond donors (Lipinski definition) is 3. The van der Waals surface area contributed by atoms with Crippen LogP contribution in [0.4, 0.5) is 11.4 Å². The highest BCUT2D eigenvalue weighted by atomic mass is 16.5. The molecule has 7 heteroatoms. The van der Waals surface area contributed by atoms with Gasteiger partial charge in [-0.1, -0.05) is 18.2 Å². The van der Waals surface area contributed by atoms with E-state index in [1.807, 2.05) is 12.1 Å². The van der Waals surface area contributed by atoms with E-state index in [9.17, 15) is 14.7 Å². The molecular formula is C27H29N3O4. The van der Waals surface area contributed by atoms with Crippen LogP contribution >= 0.6 is 0 Å². The molecule has 0 bridgehead atoms. The van der Waals surface area contributed by atoms with E-state index in [1.165, 1.54) is 0 Å². The first-order chi connectivity index (χ1) is 16.4. The topological polar surface area (TPSA) is 105 Å². The number of phenols is 1. The molecule has 0 atom stereocenters. The summed E-state index contributed by atoms with van der Waals surface area (Å²) in [6.07, 6.45) is 1.44. The van der Waals surface area contributed by atoms with E-state index in [-0.39, 0.29) is 23.4 Å². The molecule has 7 nitrogen and oxygen atoms in total. The molecule has 4 N–H and O–H groups in total. The Kier molecular flexibility index (Phi) is 7.13. The van der Waals surface area contributed by atoms with Crippen molar-refractivity contribution in [2.75, 3.05) is 31.2 Å². The lowest BCUT2D eigenvalue weighted by Crippen LogP contribution is -2.38. The molecule has 0 spiro atoms. The number of phenolic OH excluding ortho intramolecular Hbond substituents is 1.